The van der Waals surface area contributed by atoms with Crippen molar-refractivity contribution in [2.75, 3.05) is 5.32 Å². The SMILES string of the molecule is Cc1nn(-c2ccccc2)cc1NCc1cc(-c2ccncc2)n[nH]1. The van der Waals surface area contributed by atoms with Gasteiger partial charge in [-0.2, -0.15) is 10.2 Å². The number of H-pyrrole nitrogens is 1. The van der Waals surface area contributed by atoms with E-state index in [9.17, 15) is 0 Å². The zero-order chi connectivity index (χ0) is 17.1. The summed E-state index contributed by atoms with van der Waals surface area (Å²) in [6, 6.07) is 16.0. The lowest BCUT2D eigenvalue weighted by Crippen LogP contribution is -2.00. The number of rotatable bonds is 5. The van der Waals surface area contributed by atoms with E-state index in [1.165, 1.54) is 0 Å². The summed E-state index contributed by atoms with van der Waals surface area (Å²) in [5.41, 5.74) is 5.97. The molecule has 0 aliphatic rings. The first kappa shape index (κ1) is 15.1. The molecule has 0 bridgehead atoms. The van der Waals surface area contributed by atoms with E-state index in [-0.39, 0.29) is 0 Å². The summed E-state index contributed by atoms with van der Waals surface area (Å²) in [5.74, 6) is 0. The Hall–Kier alpha value is -3.41. The van der Waals surface area contributed by atoms with Gasteiger partial charge < -0.3 is 5.32 Å². The number of hydrogen-bond donors (Lipinski definition) is 2. The van der Waals surface area contributed by atoms with Crippen LogP contribution in [0.1, 0.15) is 11.4 Å². The quantitative estimate of drug-likeness (QED) is 0.587. The molecule has 3 aromatic heterocycles. The Morgan fingerprint density at radius 2 is 1.88 bits per heavy atom. The fourth-order valence-electron chi connectivity index (χ4n) is 2.66. The lowest BCUT2D eigenvalue weighted by Gasteiger charge is -2.02. The largest absolute Gasteiger partial charge is 0.377 e. The third-order valence-electron chi connectivity index (χ3n) is 4.00. The van der Waals surface area contributed by atoms with Crippen molar-refractivity contribution in [3.05, 3.63) is 78.5 Å². The minimum atomic E-state index is 0.652. The second-order valence-corrected chi connectivity index (χ2v) is 5.78. The molecule has 0 unspecified atom stereocenters. The summed E-state index contributed by atoms with van der Waals surface area (Å²) in [6.07, 6.45) is 5.54. The summed E-state index contributed by atoms with van der Waals surface area (Å²) in [6.45, 7) is 2.65. The van der Waals surface area contributed by atoms with Crippen LogP contribution in [0.4, 0.5) is 5.69 Å². The molecule has 0 saturated carbocycles. The van der Waals surface area contributed by atoms with Crippen LogP contribution in [0.5, 0.6) is 0 Å². The predicted molar refractivity (Wildman–Crippen MR) is 97.4 cm³/mol. The van der Waals surface area contributed by atoms with Crippen molar-refractivity contribution in [3.8, 4) is 16.9 Å². The Labute approximate surface area is 145 Å². The lowest BCUT2D eigenvalue weighted by molar-refractivity contribution is 0.863. The second-order valence-electron chi connectivity index (χ2n) is 5.78. The van der Waals surface area contributed by atoms with E-state index in [2.05, 4.69) is 25.6 Å². The van der Waals surface area contributed by atoms with Gasteiger partial charge in [-0.1, -0.05) is 18.2 Å². The normalized spacial score (nSPS) is 10.8. The first-order valence-electron chi connectivity index (χ1n) is 8.10. The number of hydrogen-bond acceptors (Lipinski definition) is 4. The van der Waals surface area contributed by atoms with Crippen LogP contribution >= 0.6 is 0 Å². The molecule has 0 amide bonds. The number of aromatic nitrogens is 5. The number of aryl methyl sites for hydroxylation is 1. The third-order valence-corrected chi connectivity index (χ3v) is 4.00. The Kier molecular flexibility index (Phi) is 4.00. The minimum absolute atomic E-state index is 0.652. The van der Waals surface area contributed by atoms with Crippen molar-refractivity contribution in [1.82, 2.24) is 25.0 Å². The van der Waals surface area contributed by atoms with Gasteiger partial charge in [-0.15, -0.1) is 0 Å². The van der Waals surface area contributed by atoms with Crippen molar-refractivity contribution < 1.29 is 0 Å². The highest BCUT2D eigenvalue weighted by Gasteiger charge is 2.08. The van der Waals surface area contributed by atoms with Crippen LogP contribution in [0.2, 0.25) is 0 Å². The van der Waals surface area contributed by atoms with Crippen molar-refractivity contribution >= 4 is 5.69 Å². The molecule has 124 valence electrons. The van der Waals surface area contributed by atoms with E-state index < -0.39 is 0 Å². The minimum Gasteiger partial charge on any atom is -0.377 e. The maximum absolute atomic E-state index is 4.57. The van der Waals surface area contributed by atoms with Gasteiger partial charge >= 0.3 is 0 Å². The lowest BCUT2D eigenvalue weighted by atomic mass is 10.2. The Morgan fingerprint density at radius 3 is 2.68 bits per heavy atom. The first-order chi connectivity index (χ1) is 12.3. The molecule has 0 aliphatic heterocycles. The molecule has 0 fully saturated rings. The highest BCUT2D eigenvalue weighted by molar-refractivity contribution is 5.58. The molecule has 0 radical (unpaired) electrons. The molecule has 4 aromatic rings. The van der Waals surface area contributed by atoms with Gasteiger partial charge in [0.15, 0.2) is 0 Å². The maximum Gasteiger partial charge on any atom is 0.0925 e. The maximum atomic E-state index is 4.57. The number of para-hydroxylation sites is 1. The zero-order valence-electron chi connectivity index (χ0n) is 13.8. The highest BCUT2D eigenvalue weighted by Crippen LogP contribution is 2.19. The van der Waals surface area contributed by atoms with E-state index in [0.717, 1.165) is 34.0 Å². The molecule has 6 nitrogen and oxygen atoms in total. The topological polar surface area (TPSA) is 71.4 Å². The van der Waals surface area contributed by atoms with Gasteiger partial charge in [0.25, 0.3) is 0 Å². The average molecular weight is 330 g/mol. The van der Waals surface area contributed by atoms with Crippen molar-refractivity contribution in [2.24, 2.45) is 0 Å². The van der Waals surface area contributed by atoms with Gasteiger partial charge in [0, 0.05) is 18.0 Å². The van der Waals surface area contributed by atoms with Crippen LogP contribution in [0, 0.1) is 6.92 Å². The molecule has 0 saturated heterocycles. The van der Waals surface area contributed by atoms with Gasteiger partial charge in [-0.3, -0.25) is 10.1 Å². The molecule has 1 aromatic carbocycles. The number of benzene rings is 1. The monoisotopic (exact) mass is 330 g/mol. The molecule has 25 heavy (non-hydrogen) atoms. The van der Waals surface area contributed by atoms with Crippen molar-refractivity contribution in [1.29, 1.82) is 0 Å². The van der Waals surface area contributed by atoms with Crippen LogP contribution in [-0.2, 0) is 6.54 Å². The van der Waals surface area contributed by atoms with Gasteiger partial charge in [0.2, 0.25) is 0 Å². The summed E-state index contributed by atoms with van der Waals surface area (Å²) >= 11 is 0. The summed E-state index contributed by atoms with van der Waals surface area (Å²) in [7, 11) is 0. The molecule has 4 rings (SSSR count). The van der Waals surface area contributed by atoms with Crippen LogP contribution in [0.15, 0.2) is 67.1 Å². The molecule has 3 heterocycles. The van der Waals surface area contributed by atoms with E-state index >= 15 is 0 Å². The molecule has 2 N–H and O–H groups in total. The van der Waals surface area contributed by atoms with Crippen LogP contribution in [-0.4, -0.2) is 25.0 Å². The van der Waals surface area contributed by atoms with E-state index in [0.29, 0.717) is 6.54 Å². The third kappa shape index (κ3) is 3.28. The zero-order valence-corrected chi connectivity index (χ0v) is 13.8. The smallest absolute Gasteiger partial charge is 0.0925 e. The van der Waals surface area contributed by atoms with Crippen LogP contribution in [0.25, 0.3) is 16.9 Å². The van der Waals surface area contributed by atoms with Gasteiger partial charge in [-0.05, 0) is 37.3 Å². The number of nitrogens with one attached hydrogen (secondary N) is 2. The molecule has 0 aliphatic carbocycles. The summed E-state index contributed by atoms with van der Waals surface area (Å²) < 4.78 is 1.88. The molecule has 0 atom stereocenters. The molecular weight excluding hydrogens is 312 g/mol. The van der Waals surface area contributed by atoms with Gasteiger partial charge in [0.1, 0.15) is 0 Å². The van der Waals surface area contributed by atoms with E-state index in [1.54, 1.807) is 12.4 Å². The molecule has 6 heteroatoms. The fraction of sp³-hybridized carbons (Fsp3) is 0.105. The van der Waals surface area contributed by atoms with Gasteiger partial charge in [0.05, 0.1) is 41.2 Å². The van der Waals surface area contributed by atoms with Crippen LogP contribution in [0.3, 0.4) is 0 Å². The standard InChI is InChI=1S/C19H18N6/c1-14-19(13-25(24-14)17-5-3-2-4-6-17)21-12-16-11-18(23-22-16)15-7-9-20-10-8-15/h2-11,13,21H,12H2,1H3,(H,22,23). The number of nitrogens with zero attached hydrogens (tertiary/aromatic N) is 4. The van der Waals surface area contributed by atoms with Crippen molar-refractivity contribution in [2.45, 2.75) is 13.5 Å². The van der Waals surface area contributed by atoms with E-state index in [1.807, 2.05) is 66.3 Å². The molecule has 0 spiro atoms. The average Bonchev–Trinajstić information content (AvgIpc) is 3.28. The van der Waals surface area contributed by atoms with E-state index in [4.69, 9.17) is 0 Å². The second kappa shape index (κ2) is 6.60. The fourth-order valence-corrected chi connectivity index (χ4v) is 2.66. The van der Waals surface area contributed by atoms with Crippen LogP contribution < -0.4 is 5.32 Å². The Balaban J connectivity index is 1.47. The Bertz CT molecular complexity index is 956. The molecular formula is C19H18N6. The Morgan fingerprint density at radius 1 is 1.08 bits per heavy atom. The van der Waals surface area contributed by atoms with Crippen molar-refractivity contribution in [3.63, 3.8) is 0 Å². The van der Waals surface area contributed by atoms with Gasteiger partial charge in [-0.25, -0.2) is 4.68 Å². The highest BCUT2D eigenvalue weighted by atomic mass is 15.3. The number of pyridine rings is 1. The predicted octanol–water partition coefficient (Wildman–Crippen LogP) is 3.58. The number of aromatic amines is 1. The first-order valence-corrected chi connectivity index (χ1v) is 8.10. The number of anilines is 1. The summed E-state index contributed by atoms with van der Waals surface area (Å²) in [5, 5.41) is 15.4. The summed E-state index contributed by atoms with van der Waals surface area (Å²) in [4.78, 5) is 4.03.